The van der Waals surface area contributed by atoms with E-state index in [-0.39, 0.29) is 0 Å². The Balaban J connectivity index is 1.81. The number of rotatable bonds is 3. The van der Waals surface area contributed by atoms with Crippen molar-refractivity contribution in [1.29, 1.82) is 0 Å². The summed E-state index contributed by atoms with van der Waals surface area (Å²) in [5, 5.41) is 12.3. The number of hydrogen-bond acceptors (Lipinski definition) is 4. The van der Waals surface area contributed by atoms with Gasteiger partial charge in [0.2, 0.25) is 0 Å². The average molecular weight is 338 g/mol. The summed E-state index contributed by atoms with van der Waals surface area (Å²) in [6.45, 7) is 0.568. The molecule has 1 aromatic heterocycles. The Hall–Kier alpha value is -1.33. The molecule has 2 aromatic rings. The van der Waals surface area contributed by atoms with E-state index in [1.807, 2.05) is 24.3 Å². The monoisotopic (exact) mass is 337 g/mol. The largest absolute Gasteiger partial charge is 0.488 e. The zero-order valence-corrected chi connectivity index (χ0v) is 12.5. The number of hydrogen-bond donors (Lipinski definition) is 1. The molecule has 1 N–H and O–H groups in total. The highest BCUT2D eigenvalue weighted by molar-refractivity contribution is 9.11. The predicted molar refractivity (Wildman–Crippen MR) is 79.4 cm³/mol. The lowest BCUT2D eigenvalue weighted by Crippen LogP contribution is -1.98. The van der Waals surface area contributed by atoms with Gasteiger partial charge in [0.25, 0.3) is 0 Å². The van der Waals surface area contributed by atoms with Crippen LogP contribution in [0.4, 0.5) is 0 Å². The Kier molecular flexibility index (Phi) is 3.57. The third-order valence-corrected chi connectivity index (χ3v) is 4.77. The van der Waals surface area contributed by atoms with E-state index in [9.17, 15) is 0 Å². The van der Waals surface area contributed by atoms with Crippen molar-refractivity contribution < 1.29 is 9.94 Å². The van der Waals surface area contributed by atoms with Crippen LogP contribution < -0.4 is 4.74 Å². The number of ether oxygens (including phenoxy) is 1. The van der Waals surface area contributed by atoms with Gasteiger partial charge in [0.15, 0.2) is 0 Å². The molecule has 0 spiro atoms. The lowest BCUT2D eigenvalue weighted by molar-refractivity contribution is 0.307. The Morgan fingerprint density at radius 3 is 2.89 bits per heavy atom. The van der Waals surface area contributed by atoms with E-state index in [1.54, 1.807) is 11.3 Å². The molecule has 0 fully saturated rings. The van der Waals surface area contributed by atoms with Crippen LogP contribution in [0.5, 0.6) is 5.75 Å². The second-order valence-electron chi connectivity index (χ2n) is 4.32. The number of nitrogens with zero attached hydrogens (tertiary/aromatic N) is 1. The average Bonchev–Trinajstić information content (AvgIpc) is 3.02. The van der Waals surface area contributed by atoms with Gasteiger partial charge in [-0.3, -0.25) is 0 Å². The summed E-state index contributed by atoms with van der Waals surface area (Å²) in [7, 11) is 0. The quantitative estimate of drug-likeness (QED) is 0.673. The first-order valence-electron chi connectivity index (χ1n) is 5.98. The number of fused-ring (bicyclic) bond motifs is 1. The summed E-state index contributed by atoms with van der Waals surface area (Å²) < 4.78 is 7.00. The fraction of sp³-hybridized carbons (Fsp3) is 0.214. The van der Waals surface area contributed by atoms with E-state index in [1.165, 1.54) is 4.88 Å². The van der Waals surface area contributed by atoms with Crippen molar-refractivity contribution in [1.82, 2.24) is 0 Å². The zero-order chi connectivity index (χ0) is 13.2. The van der Waals surface area contributed by atoms with Crippen LogP contribution in [0, 0.1) is 0 Å². The Morgan fingerprint density at radius 2 is 2.16 bits per heavy atom. The van der Waals surface area contributed by atoms with Crippen LogP contribution in [0.2, 0.25) is 0 Å². The minimum atomic E-state index is 0.568. The van der Waals surface area contributed by atoms with Crippen molar-refractivity contribution in [2.24, 2.45) is 5.16 Å². The number of benzene rings is 1. The molecule has 1 heterocycles. The smallest absolute Gasteiger partial charge is 0.123 e. The summed E-state index contributed by atoms with van der Waals surface area (Å²) in [4.78, 5) is 1.18. The van der Waals surface area contributed by atoms with Gasteiger partial charge < -0.3 is 9.94 Å². The van der Waals surface area contributed by atoms with Crippen molar-refractivity contribution in [3.05, 3.63) is 50.1 Å². The molecule has 0 aliphatic heterocycles. The van der Waals surface area contributed by atoms with Gasteiger partial charge in [-0.1, -0.05) is 17.3 Å². The molecule has 0 saturated carbocycles. The van der Waals surface area contributed by atoms with Crippen molar-refractivity contribution in [2.45, 2.75) is 19.4 Å². The fourth-order valence-electron chi connectivity index (χ4n) is 2.29. The number of thiophene rings is 1. The molecule has 98 valence electrons. The first-order valence-corrected chi connectivity index (χ1v) is 7.59. The summed E-state index contributed by atoms with van der Waals surface area (Å²) in [6.07, 6.45) is 1.65. The van der Waals surface area contributed by atoms with Gasteiger partial charge in [-0.05, 0) is 47.0 Å². The lowest BCUT2D eigenvalue weighted by Gasteiger charge is -2.09. The molecule has 1 aromatic carbocycles. The molecule has 0 atom stereocenters. The zero-order valence-electron chi connectivity index (χ0n) is 10.1. The van der Waals surface area contributed by atoms with Crippen LogP contribution in [-0.2, 0) is 13.0 Å². The first kappa shape index (κ1) is 12.7. The molecule has 0 amide bonds. The first-order chi connectivity index (χ1) is 9.28. The maximum atomic E-state index is 8.96. The molecule has 19 heavy (non-hydrogen) atoms. The molecule has 5 heteroatoms. The second-order valence-corrected chi connectivity index (χ2v) is 6.87. The van der Waals surface area contributed by atoms with E-state index in [0.29, 0.717) is 6.61 Å². The Bertz CT molecular complexity index is 636. The minimum Gasteiger partial charge on any atom is -0.488 e. The van der Waals surface area contributed by atoms with Gasteiger partial charge in [0, 0.05) is 16.0 Å². The molecule has 3 rings (SSSR count). The van der Waals surface area contributed by atoms with Crippen LogP contribution in [-0.4, -0.2) is 10.9 Å². The molecule has 0 bridgehead atoms. The van der Waals surface area contributed by atoms with E-state index in [0.717, 1.165) is 39.2 Å². The van der Waals surface area contributed by atoms with Gasteiger partial charge in [-0.15, -0.1) is 11.3 Å². The third kappa shape index (κ3) is 2.53. The van der Waals surface area contributed by atoms with E-state index in [4.69, 9.17) is 9.94 Å². The highest BCUT2D eigenvalue weighted by atomic mass is 79.9. The standard InChI is InChI=1S/C14H12BrNO2S/c15-14-7-4-9(19-14)8-18-13-3-1-2-10-11(13)5-6-12(10)16-17/h1-4,7,17H,5-6,8H2. The third-order valence-electron chi connectivity index (χ3n) is 3.18. The van der Waals surface area contributed by atoms with Gasteiger partial charge in [-0.25, -0.2) is 0 Å². The van der Waals surface area contributed by atoms with Gasteiger partial charge in [0.1, 0.15) is 12.4 Å². The molecule has 0 unspecified atom stereocenters. The maximum Gasteiger partial charge on any atom is 0.123 e. The highest BCUT2D eigenvalue weighted by Crippen LogP contribution is 2.32. The van der Waals surface area contributed by atoms with Crippen molar-refractivity contribution >= 4 is 33.0 Å². The topological polar surface area (TPSA) is 41.8 Å². The molecule has 3 nitrogen and oxygen atoms in total. The highest BCUT2D eigenvalue weighted by Gasteiger charge is 2.21. The summed E-state index contributed by atoms with van der Waals surface area (Å²) in [5.41, 5.74) is 2.90. The van der Waals surface area contributed by atoms with Gasteiger partial charge >= 0.3 is 0 Å². The van der Waals surface area contributed by atoms with Crippen LogP contribution in [0.15, 0.2) is 39.3 Å². The minimum absolute atomic E-state index is 0.568. The molecular formula is C14H12BrNO2S. The maximum absolute atomic E-state index is 8.96. The van der Waals surface area contributed by atoms with E-state index < -0.39 is 0 Å². The van der Waals surface area contributed by atoms with Crippen LogP contribution in [0.25, 0.3) is 0 Å². The SMILES string of the molecule is ON=C1CCc2c(OCc3ccc(Br)s3)cccc21. The Morgan fingerprint density at radius 1 is 1.26 bits per heavy atom. The molecular weight excluding hydrogens is 326 g/mol. The molecule has 0 saturated heterocycles. The molecule has 1 aliphatic rings. The van der Waals surface area contributed by atoms with Crippen molar-refractivity contribution in [3.63, 3.8) is 0 Å². The van der Waals surface area contributed by atoms with Gasteiger partial charge in [-0.2, -0.15) is 0 Å². The van der Waals surface area contributed by atoms with E-state index >= 15 is 0 Å². The molecule has 1 aliphatic carbocycles. The van der Waals surface area contributed by atoms with Crippen molar-refractivity contribution in [2.75, 3.05) is 0 Å². The summed E-state index contributed by atoms with van der Waals surface area (Å²) in [6, 6.07) is 9.97. The van der Waals surface area contributed by atoms with Crippen molar-refractivity contribution in [3.8, 4) is 5.75 Å². The lowest BCUT2D eigenvalue weighted by atomic mass is 10.1. The summed E-state index contributed by atoms with van der Waals surface area (Å²) >= 11 is 5.12. The second kappa shape index (κ2) is 5.35. The normalized spacial score (nSPS) is 15.7. The fourth-order valence-corrected chi connectivity index (χ4v) is 3.69. The molecule has 0 radical (unpaired) electrons. The number of halogens is 1. The van der Waals surface area contributed by atoms with Gasteiger partial charge in [0.05, 0.1) is 9.50 Å². The van der Waals surface area contributed by atoms with Crippen LogP contribution >= 0.6 is 27.3 Å². The van der Waals surface area contributed by atoms with E-state index in [2.05, 4.69) is 27.2 Å². The van der Waals surface area contributed by atoms with Crippen LogP contribution in [0.3, 0.4) is 0 Å². The number of oxime groups is 1. The Labute approximate surface area is 123 Å². The van der Waals surface area contributed by atoms with Crippen LogP contribution in [0.1, 0.15) is 22.4 Å². The predicted octanol–water partition coefficient (Wildman–Crippen LogP) is 4.21. The summed E-state index contributed by atoms with van der Waals surface area (Å²) in [5.74, 6) is 0.890.